The van der Waals surface area contributed by atoms with Crippen molar-refractivity contribution in [1.29, 1.82) is 0 Å². The molecule has 4 heteroatoms. The maximum atomic E-state index is 6.14. The molecule has 2 N–H and O–H groups in total. The van der Waals surface area contributed by atoms with Gasteiger partial charge in [-0.2, -0.15) is 0 Å². The number of halogens is 1. The first-order valence-corrected chi connectivity index (χ1v) is 7.23. The van der Waals surface area contributed by atoms with Gasteiger partial charge in [0.05, 0.1) is 5.02 Å². The van der Waals surface area contributed by atoms with Gasteiger partial charge in [0.1, 0.15) is 0 Å². The third-order valence-electron chi connectivity index (χ3n) is 2.75. The number of rotatable bonds is 6. The Balaban J connectivity index is 2.02. The van der Waals surface area contributed by atoms with Gasteiger partial charge in [-0.15, -0.1) is 11.3 Å². The Bertz CT molecular complexity index is 470. The lowest BCUT2D eigenvalue weighted by molar-refractivity contribution is 0.267. The van der Waals surface area contributed by atoms with E-state index in [9.17, 15) is 0 Å². The molecule has 96 valence electrons. The molecule has 0 unspecified atom stereocenters. The van der Waals surface area contributed by atoms with Gasteiger partial charge >= 0.3 is 0 Å². The SMILES string of the molecule is NCCN(Cc1ccccc1)Cc1sccc1Cl. The molecular formula is C14H17ClN2S. The van der Waals surface area contributed by atoms with Gasteiger partial charge < -0.3 is 5.73 Å². The van der Waals surface area contributed by atoms with Crippen LogP contribution in [0.2, 0.25) is 5.02 Å². The zero-order valence-electron chi connectivity index (χ0n) is 10.2. The van der Waals surface area contributed by atoms with Crippen molar-refractivity contribution >= 4 is 22.9 Å². The molecule has 0 fully saturated rings. The van der Waals surface area contributed by atoms with Gasteiger partial charge in [-0.25, -0.2) is 0 Å². The number of hydrogen-bond acceptors (Lipinski definition) is 3. The van der Waals surface area contributed by atoms with Gasteiger partial charge in [0.25, 0.3) is 0 Å². The van der Waals surface area contributed by atoms with Crippen LogP contribution >= 0.6 is 22.9 Å². The summed E-state index contributed by atoms with van der Waals surface area (Å²) in [6.45, 7) is 3.31. The van der Waals surface area contributed by atoms with Gasteiger partial charge in [-0.3, -0.25) is 4.90 Å². The standard InChI is InChI=1S/C14H17ClN2S/c15-13-6-9-18-14(13)11-17(8-7-16)10-12-4-2-1-3-5-12/h1-6,9H,7-8,10-11,16H2. The van der Waals surface area contributed by atoms with E-state index in [1.165, 1.54) is 10.4 Å². The fourth-order valence-electron chi connectivity index (χ4n) is 1.88. The van der Waals surface area contributed by atoms with Gasteiger partial charge in [0.2, 0.25) is 0 Å². The second-order valence-corrected chi connectivity index (χ2v) is 5.58. The number of thiophene rings is 1. The molecule has 2 rings (SSSR count). The molecule has 2 nitrogen and oxygen atoms in total. The van der Waals surface area contributed by atoms with Crippen LogP contribution in [0.15, 0.2) is 41.8 Å². The van der Waals surface area contributed by atoms with Crippen molar-refractivity contribution in [2.45, 2.75) is 13.1 Å². The minimum absolute atomic E-state index is 0.663. The molecule has 0 aliphatic rings. The summed E-state index contributed by atoms with van der Waals surface area (Å²) in [5.74, 6) is 0. The predicted octanol–water partition coefficient (Wildman–Crippen LogP) is 3.36. The summed E-state index contributed by atoms with van der Waals surface area (Å²) in [6.07, 6.45) is 0. The third kappa shape index (κ3) is 3.82. The van der Waals surface area contributed by atoms with Crippen LogP contribution in [0.3, 0.4) is 0 Å². The third-order valence-corrected chi connectivity index (χ3v) is 4.12. The summed E-state index contributed by atoms with van der Waals surface area (Å²) < 4.78 is 0. The first-order valence-electron chi connectivity index (χ1n) is 5.98. The van der Waals surface area contributed by atoms with E-state index in [4.69, 9.17) is 17.3 Å². The molecule has 0 aliphatic carbocycles. The molecule has 0 atom stereocenters. The Morgan fingerprint density at radius 2 is 1.89 bits per heavy atom. The van der Waals surface area contributed by atoms with E-state index in [1.807, 2.05) is 17.5 Å². The molecule has 1 aromatic heterocycles. The van der Waals surface area contributed by atoms with Gasteiger partial charge in [-0.1, -0.05) is 41.9 Å². The molecule has 0 bridgehead atoms. The van der Waals surface area contributed by atoms with Crippen molar-refractivity contribution < 1.29 is 0 Å². The molecule has 0 amide bonds. The van der Waals surface area contributed by atoms with Crippen LogP contribution in [-0.2, 0) is 13.1 Å². The highest BCUT2D eigenvalue weighted by Gasteiger charge is 2.09. The lowest BCUT2D eigenvalue weighted by atomic mass is 10.2. The largest absolute Gasteiger partial charge is 0.329 e. The Kier molecular flexibility index (Phi) is 5.20. The first kappa shape index (κ1) is 13.6. The van der Waals surface area contributed by atoms with Crippen LogP contribution in [0.25, 0.3) is 0 Å². The van der Waals surface area contributed by atoms with Gasteiger partial charge in [-0.05, 0) is 17.0 Å². The van der Waals surface area contributed by atoms with Crippen LogP contribution in [0.4, 0.5) is 0 Å². The highest BCUT2D eigenvalue weighted by atomic mass is 35.5. The number of hydrogen-bond donors (Lipinski definition) is 1. The highest BCUT2D eigenvalue weighted by molar-refractivity contribution is 7.10. The maximum Gasteiger partial charge on any atom is 0.0558 e. The van der Waals surface area contributed by atoms with E-state index in [2.05, 4.69) is 29.2 Å². The smallest absolute Gasteiger partial charge is 0.0558 e. The van der Waals surface area contributed by atoms with E-state index < -0.39 is 0 Å². The molecular weight excluding hydrogens is 264 g/mol. The summed E-state index contributed by atoms with van der Waals surface area (Å²) in [5, 5.41) is 2.89. The molecule has 0 aliphatic heterocycles. The van der Waals surface area contributed by atoms with E-state index in [-0.39, 0.29) is 0 Å². The van der Waals surface area contributed by atoms with E-state index in [0.29, 0.717) is 6.54 Å². The summed E-state index contributed by atoms with van der Waals surface area (Å²) >= 11 is 7.84. The summed E-state index contributed by atoms with van der Waals surface area (Å²) in [6, 6.07) is 12.4. The molecule has 2 aromatic rings. The lowest BCUT2D eigenvalue weighted by Crippen LogP contribution is -2.28. The Morgan fingerprint density at radius 1 is 1.11 bits per heavy atom. The number of benzene rings is 1. The Labute approximate surface area is 117 Å². The van der Waals surface area contributed by atoms with Crippen molar-refractivity contribution in [3.63, 3.8) is 0 Å². The zero-order chi connectivity index (χ0) is 12.8. The monoisotopic (exact) mass is 280 g/mol. The zero-order valence-corrected chi connectivity index (χ0v) is 11.8. The van der Waals surface area contributed by atoms with Crippen molar-refractivity contribution in [3.05, 3.63) is 57.2 Å². The molecule has 1 heterocycles. The van der Waals surface area contributed by atoms with Crippen LogP contribution < -0.4 is 5.73 Å². The minimum Gasteiger partial charge on any atom is -0.329 e. The maximum absolute atomic E-state index is 6.14. The molecule has 0 spiro atoms. The van der Waals surface area contributed by atoms with E-state index >= 15 is 0 Å². The summed E-state index contributed by atoms with van der Waals surface area (Å²) in [7, 11) is 0. The van der Waals surface area contributed by atoms with Crippen LogP contribution in [-0.4, -0.2) is 18.0 Å². The molecule has 18 heavy (non-hydrogen) atoms. The highest BCUT2D eigenvalue weighted by Crippen LogP contribution is 2.24. The van der Waals surface area contributed by atoms with Crippen LogP contribution in [0, 0.1) is 0 Å². The Morgan fingerprint density at radius 3 is 2.50 bits per heavy atom. The van der Waals surface area contributed by atoms with Crippen molar-refractivity contribution in [3.8, 4) is 0 Å². The molecule has 0 saturated heterocycles. The molecule has 1 aromatic carbocycles. The first-order chi connectivity index (χ1) is 8.79. The van der Waals surface area contributed by atoms with Crippen molar-refractivity contribution in [1.82, 2.24) is 4.90 Å². The van der Waals surface area contributed by atoms with Crippen molar-refractivity contribution in [2.75, 3.05) is 13.1 Å². The van der Waals surface area contributed by atoms with Crippen molar-refractivity contribution in [2.24, 2.45) is 5.73 Å². The van der Waals surface area contributed by atoms with E-state index in [0.717, 1.165) is 24.7 Å². The topological polar surface area (TPSA) is 29.3 Å². The lowest BCUT2D eigenvalue weighted by Gasteiger charge is -2.21. The average molecular weight is 281 g/mol. The quantitative estimate of drug-likeness (QED) is 0.879. The normalized spacial score (nSPS) is 11.1. The van der Waals surface area contributed by atoms with E-state index in [1.54, 1.807) is 11.3 Å². The van der Waals surface area contributed by atoms with Gasteiger partial charge in [0.15, 0.2) is 0 Å². The molecule has 0 radical (unpaired) electrons. The molecule has 0 saturated carbocycles. The second kappa shape index (κ2) is 6.90. The van der Waals surface area contributed by atoms with Gasteiger partial charge in [0, 0.05) is 31.1 Å². The fraction of sp³-hybridized carbons (Fsp3) is 0.286. The minimum atomic E-state index is 0.663. The summed E-state index contributed by atoms with van der Waals surface area (Å²) in [5.41, 5.74) is 6.98. The predicted molar refractivity (Wildman–Crippen MR) is 78.9 cm³/mol. The fourth-order valence-corrected chi connectivity index (χ4v) is 3.02. The Hall–Kier alpha value is -0.870. The second-order valence-electron chi connectivity index (χ2n) is 4.18. The number of nitrogens with two attached hydrogens (primary N) is 1. The van der Waals surface area contributed by atoms with Crippen LogP contribution in [0.5, 0.6) is 0 Å². The number of nitrogens with zero attached hydrogens (tertiary/aromatic N) is 1. The average Bonchev–Trinajstić information content (AvgIpc) is 2.77. The summed E-state index contributed by atoms with van der Waals surface area (Å²) in [4.78, 5) is 3.54. The van der Waals surface area contributed by atoms with Crippen LogP contribution in [0.1, 0.15) is 10.4 Å².